The van der Waals surface area contributed by atoms with Gasteiger partial charge >= 0.3 is 0 Å². The fourth-order valence-electron chi connectivity index (χ4n) is 3.03. The first-order chi connectivity index (χ1) is 11.6. The highest BCUT2D eigenvalue weighted by molar-refractivity contribution is 6.30. The molecule has 1 aliphatic heterocycles. The third-order valence-corrected chi connectivity index (χ3v) is 4.38. The summed E-state index contributed by atoms with van der Waals surface area (Å²) in [6, 6.07) is 6.93. The van der Waals surface area contributed by atoms with E-state index in [1.807, 2.05) is 10.7 Å². The molecule has 8 heteroatoms. The van der Waals surface area contributed by atoms with E-state index in [4.69, 9.17) is 11.6 Å². The first kappa shape index (κ1) is 15.3. The monoisotopic (exact) mass is 345 g/mol. The van der Waals surface area contributed by atoms with E-state index in [0.29, 0.717) is 29.5 Å². The van der Waals surface area contributed by atoms with Crippen molar-refractivity contribution in [3.05, 3.63) is 62.9 Å². The lowest BCUT2D eigenvalue weighted by Crippen LogP contribution is -2.34. The van der Waals surface area contributed by atoms with Gasteiger partial charge in [-0.25, -0.2) is 4.98 Å². The average Bonchev–Trinajstić information content (AvgIpc) is 2.98. The molecule has 0 amide bonds. The van der Waals surface area contributed by atoms with Crippen LogP contribution in [0.1, 0.15) is 17.1 Å². The van der Waals surface area contributed by atoms with Gasteiger partial charge in [-0.1, -0.05) is 11.6 Å². The van der Waals surface area contributed by atoms with Crippen molar-refractivity contribution in [2.45, 2.75) is 26.2 Å². The SMILES string of the molecule is O=c1cc(CN2CCn3nc(CO)cc3C2)nc2ccc(Cl)cn12. The molecule has 0 aliphatic carbocycles. The topological polar surface area (TPSA) is 75.7 Å². The van der Waals surface area contributed by atoms with Crippen LogP contribution in [0.3, 0.4) is 0 Å². The molecule has 0 saturated heterocycles. The van der Waals surface area contributed by atoms with Crippen LogP contribution in [-0.2, 0) is 26.2 Å². The Kier molecular flexibility index (Phi) is 3.84. The van der Waals surface area contributed by atoms with E-state index in [1.165, 1.54) is 4.40 Å². The minimum atomic E-state index is -0.137. The molecule has 0 saturated carbocycles. The van der Waals surface area contributed by atoms with Crippen molar-refractivity contribution in [2.75, 3.05) is 6.54 Å². The standard InChI is InChI=1S/C16H16ClN5O2/c17-11-1-2-15-18-12(6-16(24)21(15)7-11)8-20-3-4-22-14(9-20)5-13(10-23)19-22/h1-2,5-7,23H,3-4,8-10H2. The lowest BCUT2D eigenvalue weighted by molar-refractivity contribution is 0.202. The predicted octanol–water partition coefficient (Wildman–Crippen LogP) is 1.05. The third kappa shape index (κ3) is 2.82. The molecule has 7 nitrogen and oxygen atoms in total. The number of fused-ring (bicyclic) bond motifs is 2. The van der Waals surface area contributed by atoms with Crippen LogP contribution in [0.25, 0.3) is 5.65 Å². The van der Waals surface area contributed by atoms with Gasteiger partial charge in [0.25, 0.3) is 5.56 Å². The van der Waals surface area contributed by atoms with Gasteiger partial charge in [0.15, 0.2) is 0 Å². The van der Waals surface area contributed by atoms with Crippen molar-refractivity contribution in [3.8, 4) is 0 Å². The summed E-state index contributed by atoms with van der Waals surface area (Å²) >= 11 is 5.93. The molecule has 1 N–H and O–H groups in total. The molecule has 24 heavy (non-hydrogen) atoms. The average molecular weight is 346 g/mol. The molecule has 0 unspecified atom stereocenters. The summed E-state index contributed by atoms with van der Waals surface area (Å²) in [5.74, 6) is 0. The van der Waals surface area contributed by atoms with Gasteiger partial charge in [-0.15, -0.1) is 0 Å². The van der Waals surface area contributed by atoms with E-state index in [9.17, 15) is 9.90 Å². The minimum Gasteiger partial charge on any atom is -0.390 e. The van der Waals surface area contributed by atoms with Crippen LogP contribution in [0.15, 0.2) is 35.3 Å². The van der Waals surface area contributed by atoms with Gasteiger partial charge in [0.1, 0.15) is 5.65 Å². The van der Waals surface area contributed by atoms with Crippen LogP contribution >= 0.6 is 11.6 Å². The minimum absolute atomic E-state index is 0.0500. The molecule has 0 fully saturated rings. The van der Waals surface area contributed by atoms with Gasteiger partial charge in [-0.05, 0) is 18.2 Å². The summed E-state index contributed by atoms with van der Waals surface area (Å²) in [5.41, 5.74) is 2.94. The molecular weight excluding hydrogens is 330 g/mol. The Morgan fingerprint density at radius 1 is 1.21 bits per heavy atom. The van der Waals surface area contributed by atoms with Gasteiger partial charge in [0.2, 0.25) is 0 Å². The number of halogens is 1. The van der Waals surface area contributed by atoms with Crippen LogP contribution in [0.4, 0.5) is 0 Å². The summed E-state index contributed by atoms with van der Waals surface area (Å²) in [6.45, 7) is 2.84. The molecule has 124 valence electrons. The number of pyridine rings is 1. The predicted molar refractivity (Wildman–Crippen MR) is 88.7 cm³/mol. The molecule has 0 atom stereocenters. The van der Waals surface area contributed by atoms with E-state index in [0.717, 1.165) is 24.5 Å². The van der Waals surface area contributed by atoms with Gasteiger partial charge in [-0.2, -0.15) is 5.10 Å². The number of hydrogen-bond acceptors (Lipinski definition) is 5. The second-order valence-corrected chi connectivity index (χ2v) is 6.32. The molecule has 0 radical (unpaired) electrons. The Hall–Kier alpha value is -2.22. The van der Waals surface area contributed by atoms with Crippen molar-refractivity contribution < 1.29 is 5.11 Å². The van der Waals surface area contributed by atoms with E-state index < -0.39 is 0 Å². The largest absolute Gasteiger partial charge is 0.390 e. The number of rotatable bonds is 3. The Balaban J connectivity index is 1.58. The fraction of sp³-hybridized carbons (Fsp3) is 0.312. The lowest BCUT2D eigenvalue weighted by atomic mass is 10.2. The summed E-state index contributed by atoms with van der Waals surface area (Å²) in [5, 5.41) is 14.0. The molecule has 3 aromatic rings. The molecule has 0 bridgehead atoms. The Labute approximate surface area is 142 Å². The Morgan fingerprint density at radius 2 is 2.08 bits per heavy atom. The van der Waals surface area contributed by atoms with Gasteiger partial charge in [-0.3, -0.25) is 18.8 Å². The first-order valence-electron chi connectivity index (χ1n) is 7.69. The van der Waals surface area contributed by atoms with Gasteiger partial charge in [0.05, 0.1) is 35.3 Å². The van der Waals surface area contributed by atoms with E-state index in [2.05, 4.69) is 15.0 Å². The quantitative estimate of drug-likeness (QED) is 0.768. The number of hydrogen-bond donors (Lipinski definition) is 1. The summed E-state index contributed by atoms with van der Waals surface area (Å²) in [6.07, 6.45) is 1.58. The maximum atomic E-state index is 12.2. The summed E-state index contributed by atoms with van der Waals surface area (Å²) in [4.78, 5) is 19.0. The number of aromatic nitrogens is 4. The normalized spacial score (nSPS) is 14.9. The zero-order valence-electron chi connectivity index (χ0n) is 12.9. The highest BCUT2D eigenvalue weighted by Crippen LogP contribution is 2.16. The second-order valence-electron chi connectivity index (χ2n) is 5.88. The number of aliphatic hydroxyl groups excluding tert-OH is 1. The Bertz CT molecular complexity index is 965. The van der Waals surface area contributed by atoms with Crippen LogP contribution in [0.5, 0.6) is 0 Å². The van der Waals surface area contributed by atoms with Crippen LogP contribution < -0.4 is 5.56 Å². The van der Waals surface area contributed by atoms with Crippen molar-refractivity contribution in [3.63, 3.8) is 0 Å². The molecule has 3 aromatic heterocycles. The first-order valence-corrected chi connectivity index (χ1v) is 8.07. The summed E-state index contributed by atoms with van der Waals surface area (Å²) in [7, 11) is 0. The molecule has 0 spiro atoms. The molecule has 4 rings (SSSR count). The van der Waals surface area contributed by atoms with Crippen LogP contribution in [0.2, 0.25) is 5.02 Å². The van der Waals surface area contributed by atoms with Crippen LogP contribution in [0, 0.1) is 0 Å². The van der Waals surface area contributed by atoms with Crippen LogP contribution in [-0.4, -0.2) is 35.7 Å². The third-order valence-electron chi connectivity index (χ3n) is 4.15. The number of nitrogens with zero attached hydrogens (tertiary/aromatic N) is 5. The lowest BCUT2D eigenvalue weighted by Gasteiger charge is -2.27. The zero-order valence-corrected chi connectivity index (χ0v) is 13.6. The maximum absolute atomic E-state index is 12.2. The number of aliphatic hydroxyl groups is 1. The molecule has 4 heterocycles. The highest BCUT2D eigenvalue weighted by Gasteiger charge is 2.19. The van der Waals surface area contributed by atoms with E-state index >= 15 is 0 Å². The highest BCUT2D eigenvalue weighted by atomic mass is 35.5. The van der Waals surface area contributed by atoms with Crippen molar-refractivity contribution >= 4 is 17.2 Å². The van der Waals surface area contributed by atoms with Gasteiger partial charge in [0, 0.05) is 31.9 Å². The molecular formula is C16H16ClN5O2. The van der Waals surface area contributed by atoms with Gasteiger partial charge < -0.3 is 5.11 Å². The molecule has 1 aliphatic rings. The molecule has 0 aromatic carbocycles. The van der Waals surface area contributed by atoms with Crippen molar-refractivity contribution in [1.82, 2.24) is 24.1 Å². The maximum Gasteiger partial charge on any atom is 0.258 e. The summed E-state index contributed by atoms with van der Waals surface area (Å²) < 4.78 is 3.37. The van der Waals surface area contributed by atoms with E-state index in [-0.39, 0.29) is 12.2 Å². The fourth-order valence-corrected chi connectivity index (χ4v) is 3.19. The second kappa shape index (κ2) is 6.01. The van der Waals surface area contributed by atoms with Crippen molar-refractivity contribution in [2.24, 2.45) is 0 Å². The van der Waals surface area contributed by atoms with E-state index in [1.54, 1.807) is 24.4 Å². The smallest absolute Gasteiger partial charge is 0.258 e. The zero-order chi connectivity index (χ0) is 16.7. The Morgan fingerprint density at radius 3 is 2.92 bits per heavy atom. The van der Waals surface area contributed by atoms with Crippen molar-refractivity contribution in [1.29, 1.82) is 0 Å².